The van der Waals surface area contributed by atoms with E-state index in [1.54, 1.807) is 69.3 Å². The Morgan fingerprint density at radius 3 is 2.10 bits per heavy atom. The molecule has 0 saturated heterocycles. The molecule has 0 aliphatic carbocycles. The van der Waals surface area contributed by atoms with Crippen molar-refractivity contribution in [1.82, 2.24) is 4.90 Å². The molecule has 7 nitrogen and oxygen atoms in total. The van der Waals surface area contributed by atoms with Crippen molar-refractivity contribution >= 4 is 29.5 Å². The van der Waals surface area contributed by atoms with Crippen LogP contribution in [0.5, 0.6) is 0 Å². The summed E-state index contributed by atoms with van der Waals surface area (Å²) in [6.07, 6.45) is -0.510. The molecule has 7 heteroatoms. The normalized spacial score (nSPS) is 18.0. The van der Waals surface area contributed by atoms with Crippen LogP contribution in [0.3, 0.4) is 0 Å². The van der Waals surface area contributed by atoms with E-state index in [0.717, 1.165) is 9.80 Å². The maximum absolute atomic E-state index is 13.1. The summed E-state index contributed by atoms with van der Waals surface area (Å²) in [6, 6.07) is 13.7. The summed E-state index contributed by atoms with van der Waals surface area (Å²) in [6.45, 7) is 5.28. The average molecular weight is 406 g/mol. The summed E-state index contributed by atoms with van der Waals surface area (Å²) >= 11 is 0. The number of nitrogens with zero attached hydrogens (tertiary/aromatic N) is 2. The molecule has 30 heavy (non-hydrogen) atoms. The van der Waals surface area contributed by atoms with Crippen molar-refractivity contribution in [2.45, 2.75) is 38.7 Å². The fraction of sp³-hybridized carbons (Fsp3) is 0.304. The predicted octanol–water partition coefficient (Wildman–Crippen LogP) is 3.74. The molecule has 2 aliphatic heterocycles. The predicted molar refractivity (Wildman–Crippen MR) is 109 cm³/mol. The third-order valence-corrected chi connectivity index (χ3v) is 5.17. The van der Waals surface area contributed by atoms with E-state index in [2.05, 4.69) is 0 Å². The largest absolute Gasteiger partial charge is 0.443 e. The van der Waals surface area contributed by atoms with Gasteiger partial charge in [0.15, 0.2) is 0 Å². The molecule has 2 aliphatic rings. The first-order chi connectivity index (χ1) is 14.2. The fourth-order valence-electron chi connectivity index (χ4n) is 3.87. The van der Waals surface area contributed by atoms with Crippen LogP contribution in [0, 0.1) is 0 Å². The maximum atomic E-state index is 13.1. The zero-order valence-electron chi connectivity index (χ0n) is 17.0. The zero-order chi connectivity index (χ0) is 21.6. The molecule has 2 aromatic carbocycles. The molecule has 0 saturated carbocycles. The number of anilines is 1. The second-order valence-corrected chi connectivity index (χ2v) is 8.36. The highest BCUT2D eigenvalue weighted by molar-refractivity contribution is 6.21. The van der Waals surface area contributed by atoms with E-state index in [-0.39, 0.29) is 24.8 Å². The number of fused-ring (bicyclic) bond motifs is 2. The van der Waals surface area contributed by atoms with Gasteiger partial charge in [0, 0.05) is 6.54 Å². The van der Waals surface area contributed by atoms with Crippen LogP contribution in [0.1, 0.15) is 59.4 Å². The first-order valence-corrected chi connectivity index (χ1v) is 9.80. The lowest BCUT2D eigenvalue weighted by atomic mass is 9.97. The highest BCUT2D eigenvalue weighted by Gasteiger charge is 2.43. The van der Waals surface area contributed by atoms with Crippen molar-refractivity contribution < 1.29 is 23.9 Å². The number of hydrogen-bond acceptors (Lipinski definition) is 5. The van der Waals surface area contributed by atoms with Gasteiger partial charge in [-0.1, -0.05) is 30.3 Å². The quantitative estimate of drug-likeness (QED) is 0.725. The van der Waals surface area contributed by atoms with Crippen molar-refractivity contribution in [3.63, 3.8) is 0 Å². The van der Waals surface area contributed by atoms with Gasteiger partial charge in [-0.15, -0.1) is 0 Å². The highest BCUT2D eigenvalue weighted by atomic mass is 16.6. The summed E-state index contributed by atoms with van der Waals surface area (Å²) in [7, 11) is 0. The van der Waals surface area contributed by atoms with Gasteiger partial charge in [-0.2, -0.15) is 0 Å². The van der Waals surface area contributed by atoms with Crippen molar-refractivity contribution in [2.75, 3.05) is 11.4 Å². The second kappa shape index (κ2) is 7.09. The van der Waals surface area contributed by atoms with Gasteiger partial charge in [0.1, 0.15) is 5.60 Å². The Hall–Kier alpha value is -3.48. The number of carbonyl (C=O) groups excluding carboxylic acids is 4. The molecular weight excluding hydrogens is 384 g/mol. The summed E-state index contributed by atoms with van der Waals surface area (Å²) in [5.74, 6) is -1.78. The lowest BCUT2D eigenvalue weighted by Crippen LogP contribution is -2.40. The van der Waals surface area contributed by atoms with Crippen molar-refractivity contribution in [2.24, 2.45) is 0 Å². The number of carbonyl (C=O) groups is 4. The van der Waals surface area contributed by atoms with E-state index in [4.69, 9.17) is 4.74 Å². The minimum Gasteiger partial charge on any atom is -0.443 e. The van der Waals surface area contributed by atoms with Gasteiger partial charge in [-0.3, -0.25) is 19.3 Å². The van der Waals surface area contributed by atoms with Crippen LogP contribution >= 0.6 is 0 Å². The molecule has 0 fully saturated rings. The Balaban J connectivity index is 1.56. The number of benzene rings is 2. The minimum atomic E-state index is -0.745. The van der Waals surface area contributed by atoms with Crippen molar-refractivity contribution in [1.29, 1.82) is 0 Å². The number of hydrogen-bond donors (Lipinski definition) is 0. The van der Waals surface area contributed by atoms with Gasteiger partial charge in [0.2, 0.25) is 5.91 Å². The summed E-state index contributed by atoms with van der Waals surface area (Å²) in [5, 5.41) is 0. The number of rotatable bonds is 3. The minimum absolute atomic E-state index is 0.0826. The van der Waals surface area contributed by atoms with E-state index < -0.39 is 23.5 Å². The van der Waals surface area contributed by atoms with Crippen molar-refractivity contribution in [3.8, 4) is 0 Å². The standard InChI is InChI=1S/C23H22N2O5/c1-23(2,3)30-22(29)25-18-11-7-6-8-14(18)17(21(25)28)12-13-24-19(26)15-9-4-5-10-16(15)20(24)27/h4-11,17H,12-13H2,1-3H3. The van der Waals surface area contributed by atoms with E-state index >= 15 is 0 Å². The van der Waals surface area contributed by atoms with Crippen LogP contribution in [0.25, 0.3) is 0 Å². The van der Waals surface area contributed by atoms with Crippen LogP contribution in [0.4, 0.5) is 10.5 Å². The van der Waals surface area contributed by atoms with Gasteiger partial charge < -0.3 is 4.74 Å². The second-order valence-electron chi connectivity index (χ2n) is 8.36. The van der Waals surface area contributed by atoms with Gasteiger partial charge in [-0.25, -0.2) is 9.69 Å². The van der Waals surface area contributed by atoms with Crippen LogP contribution in [-0.2, 0) is 9.53 Å². The third kappa shape index (κ3) is 3.26. The Kier molecular flexibility index (Phi) is 4.68. The molecule has 1 unspecified atom stereocenters. The van der Waals surface area contributed by atoms with Gasteiger partial charge in [-0.05, 0) is 51.0 Å². The summed E-state index contributed by atoms with van der Waals surface area (Å²) < 4.78 is 5.40. The number of amides is 4. The molecule has 0 radical (unpaired) electrons. The Bertz CT molecular complexity index is 1030. The molecule has 2 aromatic rings. The number of para-hydroxylation sites is 1. The molecule has 0 bridgehead atoms. The molecule has 0 aromatic heterocycles. The van der Waals surface area contributed by atoms with Crippen LogP contribution in [0.15, 0.2) is 48.5 Å². The van der Waals surface area contributed by atoms with Gasteiger partial charge >= 0.3 is 6.09 Å². The molecule has 1 atom stereocenters. The lowest BCUT2D eigenvalue weighted by Gasteiger charge is -2.24. The zero-order valence-corrected chi connectivity index (χ0v) is 17.0. The Morgan fingerprint density at radius 2 is 1.50 bits per heavy atom. The molecule has 2 heterocycles. The monoisotopic (exact) mass is 406 g/mol. The lowest BCUT2D eigenvalue weighted by molar-refractivity contribution is -0.119. The van der Waals surface area contributed by atoms with Crippen LogP contribution < -0.4 is 4.90 Å². The van der Waals surface area contributed by atoms with Crippen molar-refractivity contribution in [3.05, 3.63) is 65.2 Å². The van der Waals surface area contributed by atoms with E-state index in [1.807, 2.05) is 0 Å². The summed E-state index contributed by atoms with van der Waals surface area (Å²) in [5.41, 5.74) is 1.16. The van der Waals surface area contributed by atoms with Gasteiger partial charge in [0.05, 0.1) is 22.7 Å². The van der Waals surface area contributed by atoms with E-state index in [9.17, 15) is 19.2 Å². The third-order valence-electron chi connectivity index (χ3n) is 5.17. The Labute approximate surface area is 174 Å². The highest BCUT2D eigenvalue weighted by Crippen LogP contribution is 2.40. The smallest absolute Gasteiger partial charge is 0.421 e. The van der Waals surface area contributed by atoms with Crippen LogP contribution in [0.2, 0.25) is 0 Å². The molecule has 0 spiro atoms. The average Bonchev–Trinajstić information content (AvgIpc) is 3.10. The fourth-order valence-corrected chi connectivity index (χ4v) is 3.87. The topological polar surface area (TPSA) is 84.0 Å². The van der Waals surface area contributed by atoms with Crippen LogP contribution in [-0.4, -0.2) is 40.9 Å². The number of ether oxygens (including phenoxy) is 1. The molecular formula is C23H22N2O5. The molecule has 4 amide bonds. The SMILES string of the molecule is CC(C)(C)OC(=O)N1C(=O)C(CCN2C(=O)c3ccccc3C2=O)c2ccccc21. The molecule has 154 valence electrons. The maximum Gasteiger partial charge on any atom is 0.421 e. The van der Waals surface area contributed by atoms with E-state index in [0.29, 0.717) is 22.4 Å². The number of imide groups is 2. The summed E-state index contributed by atoms with van der Waals surface area (Å²) in [4.78, 5) is 53.2. The molecule has 4 rings (SSSR count). The molecule has 0 N–H and O–H groups in total. The van der Waals surface area contributed by atoms with E-state index in [1.165, 1.54) is 0 Å². The first-order valence-electron chi connectivity index (χ1n) is 9.80. The Morgan fingerprint density at radius 1 is 0.933 bits per heavy atom. The van der Waals surface area contributed by atoms with Gasteiger partial charge in [0.25, 0.3) is 11.8 Å². The first kappa shape index (κ1) is 19.8.